The molecule has 0 aromatic heterocycles. The van der Waals surface area contributed by atoms with Gasteiger partial charge in [-0.25, -0.2) is 0 Å². The van der Waals surface area contributed by atoms with E-state index in [0.29, 0.717) is 4.90 Å². The second-order valence-electron chi connectivity index (χ2n) is 2.42. The normalized spacial score (nSPS) is 8.81. The van der Waals surface area contributed by atoms with E-state index in [1.165, 1.54) is 6.07 Å². The minimum Gasteiger partial charge on any atom is -0.420 e. The fourth-order valence-corrected chi connectivity index (χ4v) is 1.03. The van der Waals surface area contributed by atoms with Crippen LogP contribution in [-0.4, -0.2) is 11.4 Å². The minimum absolute atomic E-state index is 0. The van der Waals surface area contributed by atoms with Crippen molar-refractivity contribution in [1.29, 1.82) is 5.26 Å². The molecule has 1 aromatic carbocycles. The molecule has 1 aromatic rings. The number of rotatable bonds is 1. The topological polar surface area (TPSA) is 90.5 Å². The van der Waals surface area contributed by atoms with E-state index in [9.17, 15) is 8.42 Å². The molecular formula is C9H9N2NaO3S. The molecule has 0 saturated heterocycles. The van der Waals surface area contributed by atoms with Gasteiger partial charge in [-0.3, -0.25) is 0 Å². The molecule has 0 saturated carbocycles. The van der Waals surface area contributed by atoms with Crippen molar-refractivity contribution in [2.75, 3.05) is 0 Å². The Balaban J connectivity index is 0. The Morgan fingerprint density at radius 1 is 1.38 bits per heavy atom. The van der Waals surface area contributed by atoms with Gasteiger partial charge in [0.1, 0.15) is 12.3 Å². The van der Waals surface area contributed by atoms with Crippen LogP contribution in [-0.2, 0) is 19.1 Å². The molecule has 0 aliphatic rings. The number of nitrogens with zero attached hydrogens (tertiary/aromatic N) is 2. The SMILES string of the molecule is Cc1ccc([S-](=O)=O)cc1.N#CC=NO.[Na+]. The Hall–Kier alpha value is -0.870. The molecule has 0 unspecified atom stereocenters. The summed E-state index contributed by atoms with van der Waals surface area (Å²) in [4.78, 5) is 0.339. The molecule has 0 radical (unpaired) electrons. The Morgan fingerprint density at radius 2 is 1.88 bits per heavy atom. The first-order valence-electron chi connectivity index (χ1n) is 3.83. The van der Waals surface area contributed by atoms with Crippen molar-refractivity contribution in [1.82, 2.24) is 0 Å². The van der Waals surface area contributed by atoms with E-state index in [1.807, 2.05) is 6.92 Å². The van der Waals surface area contributed by atoms with Crippen molar-refractivity contribution in [3.63, 3.8) is 0 Å². The van der Waals surface area contributed by atoms with Crippen LogP contribution in [0.15, 0.2) is 34.3 Å². The van der Waals surface area contributed by atoms with Gasteiger partial charge in [0.15, 0.2) is 0 Å². The smallest absolute Gasteiger partial charge is 0.420 e. The molecule has 7 heteroatoms. The largest absolute Gasteiger partial charge is 1.00 e. The van der Waals surface area contributed by atoms with Gasteiger partial charge in [-0.2, -0.15) is 5.26 Å². The molecule has 16 heavy (non-hydrogen) atoms. The molecule has 0 amide bonds. The van der Waals surface area contributed by atoms with Crippen LogP contribution in [0.5, 0.6) is 0 Å². The zero-order valence-corrected chi connectivity index (χ0v) is 11.8. The number of hydrogen-bond donors (Lipinski definition) is 1. The van der Waals surface area contributed by atoms with Gasteiger partial charge in [0.25, 0.3) is 0 Å². The monoisotopic (exact) mass is 248 g/mol. The van der Waals surface area contributed by atoms with Crippen LogP contribution in [0.2, 0.25) is 0 Å². The molecule has 0 bridgehead atoms. The van der Waals surface area contributed by atoms with E-state index in [2.05, 4.69) is 5.16 Å². The van der Waals surface area contributed by atoms with E-state index in [0.717, 1.165) is 11.8 Å². The molecule has 1 N–H and O–H groups in total. The summed E-state index contributed by atoms with van der Waals surface area (Å²) in [5, 5.41) is 17.3. The first-order valence-corrected chi connectivity index (χ1v) is 4.90. The van der Waals surface area contributed by atoms with Crippen LogP contribution < -0.4 is 29.6 Å². The summed E-state index contributed by atoms with van der Waals surface area (Å²) in [6, 6.07) is 8.18. The van der Waals surface area contributed by atoms with Gasteiger partial charge >= 0.3 is 29.6 Å². The summed E-state index contributed by atoms with van der Waals surface area (Å²) >= 11 is 0. The molecule has 0 atom stereocenters. The van der Waals surface area contributed by atoms with E-state index in [-0.39, 0.29) is 29.6 Å². The van der Waals surface area contributed by atoms with E-state index in [4.69, 9.17) is 10.5 Å². The maximum atomic E-state index is 10.3. The third-order valence-electron chi connectivity index (χ3n) is 1.33. The Kier molecular flexibility index (Phi) is 11.7. The third-order valence-corrected chi connectivity index (χ3v) is 1.99. The zero-order valence-electron chi connectivity index (χ0n) is 8.95. The van der Waals surface area contributed by atoms with Crippen LogP contribution in [0.4, 0.5) is 0 Å². The quantitative estimate of drug-likeness (QED) is 0.218. The second kappa shape index (κ2) is 10.6. The van der Waals surface area contributed by atoms with E-state index >= 15 is 0 Å². The van der Waals surface area contributed by atoms with Crippen molar-refractivity contribution >= 4 is 16.9 Å². The zero-order chi connectivity index (χ0) is 11.7. The van der Waals surface area contributed by atoms with Crippen LogP contribution in [0.1, 0.15) is 5.56 Å². The molecule has 0 spiro atoms. The standard InChI is InChI=1S/C7H7O2S.C2H2N2O.Na/c1-6-2-4-7(5-3-6)10(8)9;3-1-2-4-5;/h2-5H,1H3;2,5H;/q-1;;+1. The van der Waals surface area contributed by atoms with E-state index < -0.39 is 10.7 Å². The Labute approximate surface area is 118 Å². The second-order valence-corrected chi connectivity index (χ2v) is 3.36. The molecule has 0 heterocycles. The van der Waals surface area contributed by atoms with Crippen molar-refractivity contribution in [3.8, 4) is 6.07 Å². The van der Waals surface area contributed by atoms with Crippen LogP contribution in [0.3, 0.4) is 0 Å². The maximum Gasteiger partial charge on any atom is 1.00 e. The first kappa shape index (κ1) is 17.5. The van der Waals surface area contributed by atoms with E-state index in [1.54, 1.807) is 24.3 Å². The number of aryl methyl sites for hydroxylation is 1. The molecule has 0 aliphatic carbocycles. The van der Waals surface area contributed by atoms with Crippen molar-refractivity contribution in [2.45, 2.75) is 11.8 Å². The molecule has 80 valence electrons. The fraction of sp³-hybridized carbons (Fsp3) is 0.111. The summed E-state index contributed by atoms with van der Waals surface area (Å²) in [5.41, 5.74) is 1.06. The van der Waals surface area contributed by atoms with Gasteiger partial charge in [-0.1, -0.05) is 39.9 Å². The van der Waals surface area contributed by atoms with Gasteiger partial charge in [0.2, 0.25) is 0 Å². The van der Waals surface area contributed by atoms with Crippen molar-refractivity contribution < 1.29 is 43.2 Å². The number of nitriles is 1. The predicted molar refractivity (Wildman–Crippen MR) is 54.1 cm³/mol. The van der Waals surface area contributed by atoms with Gasteiger partial charge < -0.3 is 13.6 Å². The first-order chi connectivity index (χ1) is 7.11. The fourth-order valence-electron chi connectivity index (χ4n) is 0.675. The molecule has 0 fully saturated rings. The number of benzene rings is 1. The van der Waals surface area contributed by atoms with Gasteiger partial charge in [-0.05, 0) is 17.6 Å². The summed E-state index contributed by atoms with van der Waals surface area (Å²) in [6.07, 6.45) is 0.736. The minimum atomic E-state index is -2.09. The third kappa shape index (κ3) is 8.44. The molecule has 1 rings (SSSR count). The summed E-state index contributed by atoms with van der Waals surface area (Å²) in [5.74, 6) is 0. The number of oxime groups is 1. The van der Waals surface area contributed by atoms with Gasteiger partial charge in [0, 0.05) is 0 Å². The van der Waals surface area contributed by atoms with Gasteiger partial charge in [0.05, 0.1) is 0 Å². The summed E-state index contributed by atoms with van der Waals surface area (Å²) in [6.45, 7) is 1.91. The molecule has 0 aliphatic heterocycles. The molecular weight excluding hydrogens is 239 g/mol. The van der Waals surface area contributed by atoms with Crippen LogP contribution in [0, 0.1) is 18.3 Å². The predicted octanol–water partition coefficient (Wildman–Crippen LogP) is -1.36. The van der Waals surface area contributed by atoms with Crippen LogP contribution in [0.25, 0.3) is 0 Å². The average Bonchev–Trinajstić information content (AvgIpc) is 2.20. The van der Waals surface area contributed by atoms with Crippen LogP contribution >= 0.6 is 0 Å². The Morgan fingerprint density at radius 3 is 2.12 bits per heavy atom. The summed E-state index contributed by atoms with van der Waals surface area (Å²) in [7, 11) is -2.09. The maximum absolute atomic E-state index is 10.3. The summed E-state index contributed by atoms with van der Waals surface area (Å²) < 4.78 is 20.6. The average molecular weight is 248 g/mol. The number of hydrogen-bond acceptors (Lipinski definition) is 6. The van der Waals surface area contributed by atoms with Gasteiger partial charge in [-0.15, -0.1) is 0 Å². The Bertz CT molecular complexity index is 427. The van der Waals surface area contributed by atoms with Crippen molar-refractivity contribution in [2.24, 2.45) is 5.16 Å². The van der Waals surface area contributed by atoms with Crippen molar-refractivity contribution in [3.05, 3.63) is 29.8 Å². The molecule has 5 nitrogen and oxygen atoms in total.